The molecule has 0 atom stereocenters. The van der Waals surface area contributed by atoms with Crippen molar-refractivity contribution in [2.75, 3.05) is 0 Å². The van der Waals surface area contributed by atoms with Crippen molar-refractivity contribution >= 4 is 9.19 Å². The first kappa shape index (κ1) is 22.2. The first-order valence-corrected chi connectivity index (χ1v) is 14.8. The third-order valence-electron chi connectivity index (χ3n) is 6.15. The van der Waals surface area contributed by atoms with E-state index < -0.39 is 18.2 Å². The molecule has 0 N–H and O–H groups in total. The summed E-state index contributed by atoms with van der Waals surface area (Å²) in [5, 5.41) is 0. The minimum absolute atomic E-state index is 0.398. The first-order valence-electron chi connectivity index (χ1n) is 11.0. The van der Waals surface area contributed by atoms with Gasteiger partial charge in [0, 0.05) is 0 Å². The maximum absolute atomic E-state index is 6.62. The van der Waals surface area contributed by atoms with Gasteiger partial charge in [0.2, 0.25) is 0 Å². The number of halogens is 1. The average Bonchev–Trinajstić information content (AvgIpc) is 3.05. The standard InChI is InChI=1S/C24H36N2.Au.ClH/c1-20-17-21(2)24(22(3)18-20)26-16-15-25(19-26)23-13-11-9-7-5-4-6-8-10-12-14-23;;/h15-18,23H,4-14H2,1-3H3;;1H/q;+1;/p-1. The van der Waals surface area contributed by atoms with Gasteiger partial charge >= 0.3 is 185 Å². The van der Waals surface area contributed by atoms with Gasteiger partial charge in [-0.3, -0.25) is 0 Å². The van der Waals surface area contributed by atoms with Crippen LogP contribution < -0.4 is 0 Å². The van der Waals surface area contributed by atoms with Crippen molar-refractivity contribution in [1.29, 1.82) is 0 Å². The molecule has 0 bridgehead atoms. The molecule has 4 heteroatoms. The number of hydrogen-bond acceptors (Lipinski definition) is 0. The fourth-order valence-corrected chi connectivity index (χ4v) is 7.12. The van der Waals surface area contributed by atoms with Crippen LogP contribution >= 0.6 is 9.19 Å². The van der Waals surface area contributed by atoms with Crippen LogP contribution in [-0.2, 0) is 18.2 Å². The van der Waals surface area contributed by atoms with Gasteiger partial charge in [-0.05, 0) is 0 Å². The molecule has 0 radical (unpaired) electrons. The summed E-state index contributed by atoms with van der Waals surface area (Å²) in [5.41, 5.74) is 5.34. The molecule has 1 aliphatic carbocycles. The molecule has 2 aromatic rings. The number of aromatic nitrogens is 2. The van der Waals surface area contributed by atoms with E-state index in [1.165, 1.54) is 96.6 Å². The summed E-state index contributed by atoms with van der Waals surface area (Å²) in [6.45, 7) is 6.63. The number of benzene rings is 1. The SMILES string of the molecule is Cc1cc(C)c(-n2ccn(C3CCCCCCCCCCC3)[c]2=[Au][Cl])c(C)c1. The van der Waals surface area contributed by atoms with Crippen LogP contribution in [-0.4, -0.2) is 9.13 Å². The fraction of sp³-hybridized carbons (Fsp3) is 0.625. The molecule has 3 rings (SSSR count). The molecular weight excluding hydrogens is 549 g/mol. The zero-order chi connectivity index (χ0) is 19.9. The molecule has 0 amide bonds. The van der Waals surface area contributed by atoms with Crippen LogP contribution in [0.15, 0.2) is 24.5 Å². The number of imidazole rings is 1. The van der Waals surface area contributed by atoms with Gasteiger partial charge in [0.25, 0.3) is 0 Å². The Bertz CT molecular complexity index is 798. The van der Waals surface area contributed by atoms with Gasteiger partial charge < -0.3 is 0 Å². The summed E-state index contributed by atoms with van der Waals surface area (Å²) < 4.78 is 6.25. The average molecular weight is 585 g/mol. The Kier molecular flexibility index (Phi) is 8.71. The van der Waals surface area contributed by atoms with Crippen molar-refractivity contribution in [3.8, 4) is 5.69 Å². The van der Waals surface area contributed by atoms with Crippen molar-refractivity contribution in [2.45, 2.75) is 97.4 Å². The molecule has 1 fully saturated rings. The van der Waals surface area contributed by atoms with E-state index in [-0.39, 0.29) is 0 Å². The Morgan fingerprint density at radius 3 is 1.79 bits per heavy atom. The summed E-state index contributed by atoms with van der Waals surface area (Å²) in [6.07, 6.45) is 19.8. The summed E-state index contributed by atoms with van der Waals surface area (Å²) >= 11 is -0.398. The van der Waals surface area contributed by atoms with Crippen LogP contribution in [0, 0.1) is 24.4 Å². The zero-order valence-electron chi connectivity index (χ0n) is 17.7. The number of hydrogen-bond donors (Lipinski definition) is 0. The van der Waals surface area contributed by atoms with Crippen molar-refractivity contribution in [3.63, 3.8) is 0 Å². The molecule has 0 spiro atoms. The van der Waals surface area contributed by atoms with E-state index in [4.69, 9.17) is 9.19 Å². The monoisotopic (exact) mass is 584 g/mol. The van der Waals surface area contributed by atoms with Crippen molar-refractivity contribution in [1.82, 2.24) is 9.13 Å². The Balaban J connectivity index is 1.91. The second kappa shape index (κ2) is 11.0. The molecule has 1 aliphatic rings. The van der Waals surface area contributed by atoms with Crippen LogP contribution in [0.2, 0.25) is 0 Å². The van der Waals surface area contributed by atoms with E-state index in [1.54, 1.807) is 0 Å². The topological polar surface area (TPSA) is 9.86 Å². The van der Waals surface area contributed by atoms with Gasteiger partial charge in [-0.15, -0.1) is 0 Å². The van der Waals surface area contributed by atoms with E-state index in [9.17, 15) is 0 Å². The number of nitrogens with zero attached hydrogens (tertiary/aromatic N) is 2. The van der Waals surface area contributed by atoms with Crippen LogP contribution in [0.5, 0.6) is 0 Å². The van der Waals surface area contributed by atoms with Gasteiger partial charge in [-0.2, -0.15) is 0 Å². The van der Waals surface area contributed by atoms with Crippen molar-refractivity contribution in [2.24, 2.45) is 0 Å². The van der Waals surface area contributed by atoms with E-state index in [0.717, 1.165) is 0 Å². The van der Waals surface area contributed by atoms with Gasteiger partial charge in [0.05, 0.1) is 0 Å². The molecule has 1 heterocycles. The minimum atomic E-state index is -0.398. The summed E-state index contributed by atoms with van der Waals surface area (Å²) in [5.74, 6) is 0. The zero-order valence-corrected chi connectivity index (χ0v) is 20.7. The van der Waals surface area contributed by atoms with Crippen LogP contribution in [0.4, 0.5) is 0 Å². The third kappa shape index (κ3) is 5.54. The van der Waals surface area contributed by atoms with E-state index in [2.05, 4.69) is 54.4 Å². The Hall–Kier alpha value is -0.540. The number of rotatable bonds is 2. The second-order valence-corrected chi connectivity index (χ2v) is 10.8. The van der Waals surface area contributed by atoms with E-state index in [1.807, 2.05) is 0 Å². The summed E-state index contributed by atoms with van der Waals surface area (Å²) in [6, 6.07) is 5.19. The van der Waals surface area contributed by atoms with Crippen LogP contribution in [0.25, 0.3) is 5.69 Å². The van der Waals surface area contributed by atoms with Gasteiger partial charge in [0.15, 0.2) is 0 Å². The molecule has 160 valence electrons. The van der Waals surface area contributed by atoms with Gasteiger partial charge in [-0.1, -0.05) is 0 Å². The molecule has 1 aromatic heterocycles. The summed E-state index contributed by atoms with van der Waals surface area (Å²) in [4.78, 5) is 0. The Morgan fingerprint density at radius 2 is 1.29 bits per heavy atom. The Morgan fingerprint density at radius 1 is 0.786 bits per heavy atom. The number of aryl methyl sites for hydroxylation is 3. The van der Waals surface area contributed by atoms with Gasteiger partial charge in [0.1, 0.15) is 0 Å². The fourth-order valence-electron chi connectivity index (χ4n) is 4.82. The van der Waals surface area contributed by atoms with E-state index >= 15 is 0 Å². The molecule has 0 unspecified atom stereocenters. The molecular formula is C24H36AuClN2. The third-order valence-corrected chi connectivity index (χ3v) is 8.43. The van der Waals surface area contributed by atoms with Crippen LogP contribution in [0.3, 0.4) is 0 Å². The first-order chi connectivity index (χ1) is 13.6. The van der Waals surface area contributed by atoms with Crippen molar-refractivity contribution in [3.05, 3.63) is 44.8 Å². The molecule has 0 aliphatic heterocycles. The molecule has 1 saturated carbocycles. The molecule has 28 heavy (non-hydrogen) atoms. The van der Waals surface area contributed by atoms with Crippen molar-refractivity contribution < 1.29 is 18.2 Å². The summed E-state index contributed by atoms with van der Waals surface area (Å²) in [7, 11) is 6.62. The maximum atomic E-state index is 6.62. The normalized spacial score (nSPS) is 19.2. The van der Waals surface area contributed by atoms with Gasteiger partial charge in [-0.25, -0.2) is 0 Å². The Labute approximate surface area is 184 Å². The molecule has 2 nitrogen and oxygen atoms in total. The molecule has 1 aromatic carbocycles. The predicted octanol–water partition coefficient (Wildman–Crippen LogP) is 7.82. The quantitative estimate of drug-likeness (QED) is 0.319. The van der Waals surface area contributed by atoms with Crippen LogP contribution in [0.1, 0.15) is 93.4 Å². The van der Waals surface area contributed by atoms with E-state index in [0.29, 0.717) is 6.04 Å². The predicted molar refractivity (Wildman–Crippen MR) is 117 cm³/mol. The molecule has 0 saturated heterocycles. The second-order valence-electron chi connectivity index (χ2n) is 8.53.